The monoisotopic (exact) mass is 464 g/mol. The SMILES string of the molecule is CCc1cc2ccccc2[cH-]1.CCc1cc2ccccc2[cH-]1.[CH3-].[CH3-].[CH3-].[CH3-].[Si]=[Zr]. The van der Waals surface area contributed by atoms with E-state index < -0.39 is 0 Å². The van der Waals surface area contributed by atoms with Crippen molar-refractivity contribution >= 4 is 28.4 Å². The Morgan fingerprint density at radius 1 is 0.643 bits per heavy atom. The number of rotatable bonds is 2. The van der Waals surface area contributed by atoms with E-state index in [4.69, 9.17) is 0 Å². The molecular formula is C26H34SiZr-6. The maximum atomic E-state index is 3.06. The molecule has 4 aromatic rings. The Morgan fingerprint density at radius 2 is 0.964 bits per heavy atom. The van der Waals surface area contributed by atoms with Crippen molar-refractivity contribution < 1.29 is 23.3 Å². The van der Waals surface area contributed by atoms with Crippen molar-refractivity contribution in [3.63, 3.8) is 0 Å². The molecule has 2 radical (unpaired) electrons. The van der Waals surface area contributed by atoms with Gasteiger partial charge in [0.2, 0.25) is 0 Å². The summed E-state index contributed by atoms with van der Waals surface area (Å²) in [5.74, 6) is 0. The average Bonchev–Trinajstić information content (AvgIpc) is 3.27. The molecule has 0 aliphatic rings. The first-order chi connectivity index (χ1) is 11.8. The number of hydrogen-bond acceptors (Lipinski definition) is 0. The summed E-state index contributed by atoms with van der Waals surface area (Å²) in [4.78, 5) is 0. The molecule has 4 rings (SSSR count). The Kier molecular flexibility index (Phi) is 18.8. The first-order valence-electron chi connectivity index (χ1n) is 8.34. The summed E-state index contributed by atoms with van der Waals surface area (Å²) in [5, 5.41) is 5.46. The molecule has 0 amide bonds. The fourth-order valence-corrected chi connectivity index (χ4v) is 2.84. The molecule has 0 nitrogen and oxygen atoms in total. The third kappa shape index (κ3) is 8.41. The number of aryl methyl sites for hydroxylation is 2. The summed E-state index contributed by atoms with van der Waals surface area (Å²) in [6.45, 7) is 7.44. The molecule has 0 saturated heterocycles. The molecule has 0 bridgehead atoms. The third-order valence-electron chi connectivity index (χ3n) is 4.17. The molecule has 4 aromatic carbocycles. The van der Waals surface area contributed by atoms with Crippen LogP contribution < -0.4 is 0 Å². The van der Waals surface area contributed by atoms with Crippen molar-refractivity contribution in [2.75, 3.05) is 0 Å². The standard InChI is InChI=1S/2C11H11.4CH3.Si.Zr/c2*1-2-9-7-10-5-3-4-6-11(10)8-9;;;;;;/h2*3-8H,2H2,1H3;4*1H3;;/q6*-1;;. The van der Waals surface area contributed by atoms with E-state index in [1.54, 1.807) is 0 Å². The second-order valence-corrected chi connectivity index (χ2v) is 5.69. The Labute approximate surface area is 191 Å². The van der Waals surface area contributed by atoms with Gasteiger partial charge in [-0.1, -0.05) is 26.0 Å². The van der Waals surface area contributed by atoms with Gasteiger partial charge in [-0.3, -0.25) is 0 Å². The first kappa shape index (κ1) is 31.5. The normalized spacial score (nSPS) is 8.46. The van der Waals surface area contributed by atoms with Crippen LogP contribution in [0, 0.1) is 29.7 Å². The Hall–Kier alpha value is -1.24. The van der Waals surface area contributed by atoms with Crippen LogP contribution in [0.2, 0.25) is 0 Å². The van der Waals surface area contributed by atoms with Crippen LogP contribution in [-0.2, 0) is 36.2 Å². The molecule has 0 aliphatic heterocycles. The van der Waals surface area contributed by atoms with Gasteiger partial charge in [-0.15, -0.1) is 81.2 Å². The van der Waals surface area contributed by atoms with E-state index in [1.165, 1.54) is 56.0 Å². The van der Waals surface area contributed by atoms with E-state index in [9.17, 15) is 0 Å². The fourth-order valence-electron chi connectivity index (χ4n) is 2.84. The summed E-state index contributed by atoms with van der Waals surface area (Å²) in [7, 11) is 0. The van der Waals surface area contributed by atoms with Gasteiger partial charge in [0, 0.05) is 0 Å². The quantitative estimate of drug-likeness (QED) is 0.210. The van der Waals surface area contributed by atoms with E-state index in [1.807, 2.05) is 0 Å². The Bertz CT molecular complexity index is 745. The van der Waals surface area contributed by atoms with Gasteiger partial charge >= 0.3 is 30.2 Å². The van der Waals surface area contributed by atoms with Gasteiger partial charge in [0.25, 0.3) is 0 Å². The zero-order valence-electron chi connectivity index (χ0n) is 18.3. The van der Waals surface area contributed by atoms with Gasteiger partial charge in [-0.2, -0.15) is 12.1 Å². The summed E-state index contributed by atoms with van der Waals surface area (Å²) < 4.78 is 0. The molecule has 0 aromatic heterocycles. The molecular weight excluding hydrogens is 432 g/mol. The summed E-state index contributed by atoms with van der Waals surface area (Å²) in [6.07, 6.45) is 2.27. The molecule has 0 fully saturated rings. The number of benzene rings is 2. The average molecular weight is 466 g/mol. The zero-order chi connectivity index (χ0) is 17.4. The van der Waals surface area contributed by atoms with E-state index >= 15 is 0 Å². The maximum absolute atomic E-state index is 3.06. The molecule has 0 saturated carbocycles. The van der Waals surface area contributed by atoms with Crippen LogP contribution in [0.1, 0.15) is 25.0 Å². The van der Waals surface area contributed by atoms with Gasteiger partial charge in [0.1, 0.15) is 0 Å². The molecule has 0 heterocycles. The second-order valence-electron chi connectivity index (χ2n) is 5.69. The molecule has 28 heavy (non-hydrogen) atoms. The van der Waals surface area contributed by atoms with Gasteiger partial charge in [-0.05, 0) is 12.8 Å². The van der Waals surface area contributed by atoms with Crippen LogP contribution >= 0.6 is 0 Å². The van der Waals surface area contributed by atoms with E-state index in [0.29, 0.717) is 0 Å². The van der Waals surface area contributed by atoms with Gasteiger partial charge in [0.15, 0.2) is 0 Å². The van der Waals surface area contributed by atoms with E-state index in [-0.39, 0.29) is 29.7 Å². The predicted molar refractivity (Wildman–Crippen MR) is 129 cm³/mol. The summed E-state index contributed by atoms with van der Waals surface area (Å²) >= 11 is 1.36. The number of fused-ring (bicyclic) bond motifs is 2. The molecule has 0 unspecified atom stereocenters. The number of hydrogen-bond donors (Lipinski definition) is 0. The molecule has 0 atom stereocenters. The first-order valence-corrected chi connectivity index (χ1v) is 12.5. The topological polar surface area (TPSA) is 0 Å². The van der Waals surface area contributed by atoms with Crippen molar-refractivity contribution in [2.24, 2.45) is 0 Å². The summed E-state index contributed by atoms with van der Waals surface area (Å²) in [6, 6.07) is 26.0. The molecule has 0 aliphatic carbocycles. The van der Waals surface area contributed by atoms with Crippen LogP contribution in [0.5, 0.6) is 0 Å². The van der Waals surface area contributed by atoms with E-state index in [0.717, 1.165) is 12.8 Å². The van der Waals surface area contributed by atoms with Gasteiger partial charge in [-0.25, -0.2) is 0 Å². The van der Waals surface area contributed by atoms with Gasteiger partial charge in [0.05, 0.1) is 0 Å². The van der Waals surface area contributed by atoms with E-state index in [2.05, 4.69) is 93.5 Å². The van der Waals surface area contributed by atoms with Crippen LogP contribution in [0.15, 0.2) is 72.8 Å². The van der Waals surface area contributed by atoms with Gasteiger partial charge < -0.3 is 29.7 Å². The molecule has 2 heteroatoms. The van der Waals surface area contributed by atoms with Crippen molar-refractivity contribution in [1.82, 2.24) is 0 Å². The van der Waals surface area contributed by atoms with Crippen molar-refractivity contribution in [3.05, 3.63) is 114 Å². The fraction of sp³-hybridized carbons (Fsp3) is 0.154. The van der Waals surface area contributed by atoms with Crippen molar-refractivity contribution in [1.29, 1.82) is 0 Å². The minimum atomic E-state index is 0. The van der Waals surface area contributed by atoms with Crippen LogP contribution in [-0.4, -0.2) is 6.88 Å². The van der Waals surface area contributed by atoms with Crippen molar-refractivity contribution in [3.8, 4) is 0 Å². The van der Waals surface area contributed by atoms with Crippen LogP contribution in [0.4, 0.5) is 0 Å². The predicted octanol–water partition coefficient (Wildman–Crippen LogP) is 7.66. The minimum absolute atomic E-state index is 0. The molecule has 0 N–H and O–H groups in total. The third-order valence-corrected chi connectivity index (χ3v) is 4.17. The molecule has 152 valence electrons. The Balaban J connectivity index is -0.000000363. The van der Waals surface area contributed by atoms with Crippen molar-refractivity contribution in [2.45, 2.75) is 26.7 Å². The Morgan fingerprint density at radius 3 is 1.25 bits per heavy atom. The van der Waals surface area contributed by atoms with Crippen LogP contribution in [0.3, 0.4) is 0 Å². The van der Waals surface area contributed by atoms with Crippen LogP contribution in [0.25, 0.3) is 21.5 Å². The summed E-state index contributed by atoms with van der Waals surface area (Å²) in [5.41, 5.74) is 2.87. The zero-order valence-corrected chi connectivity index (χ0v) is 21.8. The molecule has 0 spiro atoms. The second kappa shape index (κ2) is 16.7.